The van der Waals surface area contributed by atoms with Crippen LogP contribution in [0.2, 0.25) is 0 Å². The van der Waals surface area contributed by atoms with Gasteiger partial charge in [-0.2, -0.15) is 0 Å². The van der Waals surface area contributed by atoms with Gasteiger partial charge in [-0.1, -0.05) is 13.8 Å². The molecule has 0 bridgehead atoms. The first kappa shape index (κ1) is 19.5. The monoisotopic (exact) mass is 365 g/mol. The van der Waals surface area contributed by atoms with Crippen molar-refractivity contribution < 1.29 is 4.79 Å². The number of aromatic nitrogens is 1. The van der Waals surface area contributed by atoms with Crippen LogP contribution in [0.1, 0.15) is 44.6 Å². The molecule has 0 aliphatic rings. The molecule has 0 saturated heterocycles. The number of carbonyl (C=O) groups is 1. The Kier molecular flexibility index (Phi) is 7.84. The van der Waals surface area contributed by atoms with Gasteiger partial charge in [0.1, 0.15) is 5.69 Å². The summed E-state index contributed by atoms with van der Waals surface area (Å²) in [6, 6.07) is 1.84. The third-order valence-electron chi connectivity index (χ3n) is 3.16. The zero-order chi connectivity index (χ0) is 14.6. The van der Waals surface area contributed by atoms with Gasteiger partial charge in [-0.15, -0.1) is 12.4 Å². The smallest absolute Gasteiger partial charge is 0.268 e. The molecule has 1 unspecified atom stereocenters. The normalized spacial score (nSPS) is 13.8. The molecule has 1 atom stereocenters. The lowest BCUT2D eigenvalue weighted by Crippen LogP contribution is -2.52. The highest BCUT2D eigenvalue weighted by atomic mass is 79.9. The van der Waals surface area contributed by atoms with Gasteiger partial charge in [-0.3, -0.25) is 4.79 Å². The highest BCUT2D eigenvalue weighted by Crippen LogP contribution is 2.19. The summed E-state index contributed by atoms with van der Waals surface area (Å²) < 4.78 is 2.84. The SMILES string of the molecule is CCn1cc(Br)cc1C(=O)NC(C)(CN)CC(C)C.Cl. The van der Waals surface area contributed by atoms with Crippen molar-refractivity contribution in [3.05, 3.63) is 22.4 Å². The van der Waals surface area contributed by atoms with Gasteiger partial charge >= 0.3 is 0 Å². The molecule has 1 rings (SSSR count). The highest BCUT2D eigenvalue weighted by Gasteiger charge is 2.27. The lowest BCUT2D eigenvalue weighted by molar-refractivity contribution is 0.0889. The van der Waals surface area contributed by atoms with E-state index in [0.29, 0.717) is 18.2 Å². The number of carbonyl (C=O) groups excluding carboxylic acids is 1. The molecule has 1 heterocycles. The zero-order valence-corrected chi connectivity index (χ0v) is 15.0. The molecule has 4 nitrogen and oxygen atoms in total. The predicted molar refractivity (Wildman–Crippen MR) is 89.4 cm³/mol. The standard InChI is InChI=1S/C14H24BrN3O.ClH/c1-5-18-8-11(15)6-12(18)13(19)17-14(4,9-16)7-10(2)3;/h6,8,10H,5,7,9,16H2,1-4H3,(H,17,19);1H. The summed E-state index contributed by atoms with van der Waals surface area (Å²) in [6.07, 6.45) is 2.78. The minimum Gasteiger partial charge on any atom is -0.344 e. The van der Waals surface area contributed by atoms with E-state index in [-0.39, 0.29) is 23.9 Å². The van der Waals surface area contributed by atoms with E-state index in [9.17, 15) is 4.79 Å². The Morgan fingerprint density at radius 2 is 2.15 bits per heavy atom. The van der Waals surface area contributed by atoms with Crippen LogP contribution in [0, 0.1) is 5.92 Å². The number of nitrogens with one attached hydrogen (secondary N) is 1. The molecule has 0 aliphatic carbocycles. The molecule has 0 spiro atoms. The van der Waals surface area contributed by atoms with Crippen LogP contribution < -0.4 is 11.1 Å². The molecular weight excluding hydrogens is 342 g/mol. The second kappa shape index (κ2) is 8.05. The van der Waals surface area contributed by atoms with E-state index in [0.717, 1.165) is 17.4 Å². The average molecular weight is 367 g/mol. The van der Waals surface area contributed by atoms with Crippen molar-refractivity contribution in [2.24, 2.45) is 11.7 Å². The second-order valence-electron chi connectivity index (χ2n) is 5.65. The van der Waals surface area contributed by atoms with Gasteiger partial charge < -0.3 is 15.6 Å². The third-order valence-corrected chi connectivity index (χ3v) is 3.59. The Morgan fingerprint density at radius 3 is 2.60 bits per heavy atom. The van der Waals surface area contributed by atoms with E-state index in [1.165, 1.54) is 0 Å². The fourth-order valence-electron chi connectivity index (χ4n) is 2.35. The molecular formula is C14H25BrClN3O. The van der Waals surface area contributed by atoms with Crippen LogP contribution in [0.25, 0.3) is 0 Å². The number of rotatable bonds is 6. The number of hydrogen-bond donors (Lipinski definition) is 2. The molecule has 1 aromatic rings. The zero-order valence-electron chi connectivity index (χ0n) is 12.6. The molecule has 20 heavy (non-hydrogen) atoms. The van der Waals surface area contributed by atoms with Gasteiger partial charge in [0.05, 0.1) is 5.54 Å². The Morgan fingerprint density at radius 1 is 1.55 bits per heavy atom. The molecule has 0 fully saturated rings. The van der Waals surface area contributed by atoms with Crippen LogP contribution in [0.5, 0.6) is 0 Å². The molecule has 0 radical (unpaired) electrons. The van der Waals surface area contributed by atoms with E-state index in [4.69, 9.17) is 5.73 Å². The molecule has 0 aliphatic heterocycles. The number of nitrogens with zero attached hydrogens (tertiary/aromatic N) is 1. The maximum absolute atomic E-state index is 12.4. The van der Waals surface area contributed by atoms with Crippen LogP contribution >= 0.6 is 28.3 Å². The van der Waals surface area contributed by atoms with Gasteiger partial charge in [0, 0.05) is 23.8 Å². The van der Waals surface area contributed by atoms with E-state index < -0.39 is 0 Å². The van der Waals surface area contributed by atoms with Crippen LogP contribution in [-0.2, 0) is 6.54 Å². The van der Waals surface area contributed by atoms with Crippen molar-refractivity contribution in [1.29, 1.82) is 0 Å². The Bertz CT molecular complexity index is 448. The number of nitrogens with two attached hydrogens (primary N) is 1. The summed E-state index contributed by atoms with van der Waals surface area (Å²) in [5.74, 6) is 0.416. The fraction of sp³-hybridized carbons (Fsp3) is 0.643. The van der Waals surface area contributed by atoms with Gasteiger partial charge in [0.25, 0.3) is 5.91 Å². The van der Waals surface area contributed by atoms with Crippen molar-refractivity contribution in [3.63, 3.8) is 0 Å². The van der Waals surface area contributed by atoms with Crippen LogP contribution in [0.15, 0.2) is 16.7 Å². The molecule has 116 valence electrons. The molecule has 0 saturated carbocycles. The van der Waals surface area contributed by atoms with Crippen LogP contribution in [-0.4, -0.2) is 22.6 Å². The van der Waals surface area contributed by atoms with Crippen molar-refractivity contribution in [2.45, 2.75) is 46.2 Å². The van der Waals surface area contributed by atoms with Crippen molar-refractivity contribution in [2.75, 3.05) is 6.54 Å². The molecule has 6 heteroatoms. The van der Waals surface area contributed by atoms with Gasteiger partial charge in [-0.25, -0.2) is 0 Å². The molecule has 3 N–H and O–H groups in total. The summed E-state index contributed by atoms with van der Waals surface area (Å²) in [4.78, 5) is 12.4. The van der Waals surface area contributed by atoms with Crippen molar-refractivity contribution in [3.8, 4) is 0 Å². The van der Waals surface area contributed by atoms with E-state index in [2.05, 4.69) is 35.1 Å². The lowest BCUT2D eigenvalue weighted by atomic mass is 9.90. The first-order chi connectivity index (χ1) is 8.81. The number of aryl methyl sites for hydroxylation is 1. The van der Waals surface area contributed by atoms with E-state index >= 15 is 0 Å². The summed E-state index contributed by atoms with van der Waals surface area (Å²) in [6.45, 7) is 9.47. The topological polar surface area (TPSA) is 60.0 Å². The van der Waals surface area contributed by atoms with E-state index in [1.807, 2.05) is 30.7 Å². The van der Waals surface area contributed by atoms with Crippen molar-refractivity contribution >= 4 is 34.2 Å². The molecule has 1 aromatic heterocycles. The number of halogens is 2. The van der Waals surface area contributed by atoms with Crippen LogP contribution in [0.3, 0.4) is 0 Å². The third kappa shape index (κ3) is 5.11. The maximum Gasteiger partial charge on any atom is 0.268 e. The van der Waals surface area contributed by atoms with Gasteiger partial charge in [0.2, 0.25) is 0 Å². The Labute approximate surface area is 136 Å². The minimum absolute atomic E-state index is 0. The first-order valence-electron chi connectivity index (χ1n) is 6.69. The number of amides is 1. The van der Waals surface area contributed by atoms with Gasteiger partial charge in [0.15, 0.2) is 0 Å². The van der Waals surface area contributed by atoms with Crippen LogP contribution in [0.4, 0.5) is 0 Å². The average Bonchev–Trinajstić information content (AvgIpc) is 2.69. The molecule has 0 aromatic carbocycles. The fourth-order valence-corrected chi connectivity index (χ4v) is 2.82. The summed E-state index contributed by atoms with van der Waals surface area (Å²) >= 11 is 3.40. The Balaban J connectivity index is 0.00000361. The largest absolute Gasteiger partial charge is 0.344 e. The van der Waals surface area contributed by atoms with Gasteiger partial charge in [-0.05, 0) is 48.2 Å². The molecule has 1 amide bonds. The second-order valence-corrected chi connectivity index (χ2v) is 6.56. The maximum atomic E-state index is 12.4. The first-order valence-corrected chi connectivity index (χ1v) is 7.49. The quantitative estimate of drug-likeness (QED) is 0.812. The van der Waals surface area contributed by atoms with E-state index in [1.54, 1.807) is 0 Å². The number of hydrogen-bond acceptors (Lipinski definition) is 2. The summed E-state index contributed by atoms with van der Waals surface area (Å²) in [7, 11) is 0. The lowest BCUT2D eigenvalue weighted by Gasteiger charge is -2.31. The predicted octanol–water partition coefficient (Wildman–Crippen LogP) is 3.19. The van der Waals surface area contributed by atoms with Crippen molar-refractivity contribution in [1.82, 2.24) is 9.88 Å². The minimum atomic E-state index is -0.361. The Hall–Kier alpha value is -0.520. The highest BCUT2D eigenvalue weighted by molar-refractivity contribution is 9.10. The summed E-state index contributed by atoms with van der Waals surface area (Å²) in [5, 5.41) is 3.07. The summed E-state index contributed by atoms with van der Waals surface area (Å²) in [5.41, 5.74) is 6.13.